The normalized spacial score (nSPS) is 15.8. The monoisotopic (exact) mass is 441 g/mol. The quantitative estimate of drug-likeness (QED) is 0.643. The van der Waals surface area contributed by atoms with Gasteiger partial charge in [0.05, 0.1) is 11.2 Å². The van der Waals surface area contributed by atoms with E-state index >= 15 is 0 Å². The molecule has 28 heavy (non-hydrogen) atoms. The smallest absolute Gasteiger partial charge is 0.320 e. The van der Waals surface area contributed by atoms with Crippen LogP contribution in [-0.4, -0.2) is 34.0 Å². The summed E-state index contributed by atoms with van der Waals surface area (Å²) in [5.74, 6) is 0.561. The molecule has 144 valence electrons. The molecule has 0 saturated carbocycles. The van der Waals surface area contributed by atoms with Crippen LogP contribution in [0, 0.1) is 0 Å². The van der Waals surface area contributed by atoms with Gasteiger partial charge in [-0.05, 0) is 48.7 Å². The van der Waals surface area contributed by atoms with Crippen molar-refractivity contribution in [3.63, 3.8) is 0 Å². The molecule has 0 radical (unpaired) electrons. The first-order valence-corrected chi connectivity index (χ1v) is 9.84. The highest BCUT2D eigenvalue weighted by atomic mass is 79.9. The molecule has 0 atom stereocenters. The molecule has 1 aliphatic rings. The van der Waals surface area contributed by atoms with E-state index in [1.165, 1.54) is 0 Å². The fourth-order valence-corrected chi connectivity index (χ4v) is 3.83. The Labute approximate surface area is 171 Å². The van der Waals surface area contributed by atoms with Gasteiger partial charge < -0.3 is 15.4 Å². The minimum Gasteiger partial charge on any atom is -0.381 e. The third kappa shape index (κ3) is 3.93. The zero-order valence-corrected chi connectivity index (χ0v) is 16.7. The fourth-order valence-electron chi connectivity index (χ4n) is 3.43. The second-order valence-corrected chi connectivity index (χ2v) is 7.52. The summed E-state index contributed by atoms with van der Waals surface area (Å²) in [5.41, 5.74) is 1.15. The molecule has 1 fully saturated rings. The Morgan fingerprint density at radius 1 is 1.14 bits per heavy atom. The number of nitrogens with one attached hydrogen (secondary N) is 2. The molecule has 3 aromatic rings. The number of anilines is 1. The van der Waals surface area contributed by atoms with E-state index in [2.05, 4.69) is 36.6 Å². The molecule has 3 heterocycles. The first-order chi connectivity index (χ1) is 13.7. The third-order valence-electron chi connectivity index (χ3n) is 4.83. The van der Waals surface area contributed by atoms with Crippen molar-refractivity contribution in [2.45, 2.75) is 18.4 Å². The Hall–Kier alpha value is -2.71. The molecule has 7 nitrogen and oxygen atoms in total. The highest BCUT2D eigenvalue weighted by Crippen LogP contribution is 2.33. The van der Waals surface area contributed by atoms with Crippen molar-refractivity contribution < 1.29 is 9.53 Å². The number of halogens is 1. The van der Waals surface area contributed by atoms with Gasteiger partial charge in [-0.3, -0.25) is 0 Å². The second kappa shape index (κ2) is 8.12. The summed E-state index contributed by atoms with van der Waals surface area (Å²) in [5, 5.41) is 10.3. The Balaban J connectivity index is 1.58. The van der Waals surface area contributed by atoms with Crippen LogP contribution in [0.3, 0.4) is 0 Å². The van der Waals surface area contributed by atoms with Crippen LogP contribution >= 0.6 is 15.9 Å². The molecule has 0 spiro atoms. The Bertz CT molecular complexity index is 955. The number of hydrogen-bond acceptors (Lipinski definition) is 4. The average molecular weight is 442 g/mol. The van der Waals surface area contributed by atoms with Gasteiger partial charge in [0.1, 0.15) is 0 Å². The van der Waals surface area contributed by atoms with E-state index in [4.69, 9.17) is 4.74 Å². The summed E-state index contributed by atoms with van der Waals surface area (Å²) in [7, 11) is 0. The number of aromatic nitrogens is 3. The lowest BCUT2D eigenvalue weighted by Crippen LogP contribution is -2.51. The maximum atomic E-state index is 12.9. The van der Waals surface area contributed by atoms with E-state index in [1.807, 2.05) is 30.3 Å². The van der Waals surface area contributed by atoms with Crippen LogP contribution in [0.4, 0.5) is 10.5 Å². The maximum Gasteiger partial charge on any atom is 0.320 e. The van der Waals surface area contributed by atoms with Gasteiger partial charge in [0, 0.05) is 36.3 Å². The number of hydrogen-bond donors (Lipinski definition) is 2. The molecule has 0 aliphatic carbocycles. The zero-order valence-electron chi connectivity index (χ0n) is 15.1. The van der Waals surface area contributed by atoms with E-state index in [0.29, 0.717) is 37.6 Å². The Morgan fingerprint density at radius 2 is 2.00 bits per heavy atom. The fraction of sp³-hybridized carbons (Fsp3) is 0.250. The van der Waals surface area contributed by atoms with E-state index in [1.54, 1.807) is 35.4 Å². The number of nitrogens with zero attached hydrogens (tertiary/aromatic N) is 3. The summed E-state index contributed by atoms with van der Waals surface area (Å²) in [4.78, 5) is 17.3. The number of carbonyl (C=O) groups is 1. The van der Waals surface area contributed by atoms with Crippen molar-refractivity contribution in [1.29, 1.82) is 0 Å². The number of pyridine rings is 1. The minimum atomic E-state index is -0.486. The molecular formula is C20H20BrN5O2. The predicted molar refractivity (Wildman–Crippen MR) is 109 cm³/mol. The molecule has 2 N–H and O–H groups in total. The summed E-state index contributed by atoms with van der Waals surface area (Å²) in [6.07, 6.45) is 6.53. The minimum absolute atomic E-state index is 0.289. The first-order valence-electron chi connectivity index (χ1n) is 9.04. The van der Waals surface area contributed by atoms with E-state index in [9.17, 15) is 4.79 Å². The van der Waals surface area contributed by atoms with Crippen LogP contribution in [0.15, 0.2) is 65.5 Å². The van der Waals surface area contributed by atoms with Crippen LogP contribution in [0.5, 0.6) is 0 Å². The topological polar surface area (TPSA) is 81.1 Å². The SMILES string of the molecule is O=C(Nc1cccnc1-n1cccn1)NC1(c2cccc(Br)c2)CCOCC1. The van der Waals surface area contributed by atoms with Crippen molar-refractivity contribution in [3.8, 4) is 5.82 Å². The van der Waals surface area contributed by atoms with Crippen molar-refractivity contribution in [1.82, 2.24) is 20.1 Å². The van der Waals surface area contributed by atoms with Crippen LogP contribution in [0.2, 0.25) is 0 Å². The number of carbonyl (C=O) groups excluding carboxylic acids is 1. The van der Waals surface area contributed by atoms with E-state index in [-0.39, 0.29) is 6.03 Å². The number of ether oxygens (including phenoxy) is 1. The summed E-state index contributed by atoms with van der Waals surface area (Å²) >= 11 is 3.53. The van der Waals surface area contributed by atoms with Crippen molar-refractivity contribution in [2.75, 3.05) is 18.5 Å². The van der Waals surface area contributed by atoms with E-state index < -0.39 is 5.54 Å². The van der Waals surface area contributed by atoms with Gasteiger partial charge in [-0.1, -0.05) is 28.1 Å². The Morgan fingerprint density at radius 3 is 2.75 bits per heavy atom. The molecule has 1 aliphatic heterocycles. The highest BCUT2D eigenvalue weighted by Gasteiger charge is 2.36. The molecule has 2 aromatic heterocycles. The zero-order chi connectivity index (χ0) is 19.4. The standard InChI is InChI=1S/C20H20BrN5O2/c21-16-5-1-4-15(14-16)20(7-12-28-13-8-20)25-19(27)24-17-6-2-9-22-18(17)26-11-3-10-23-26/h1-6,9-11,14H,7-8,12-13H2,(H2,24,25,27). The van der Waals surface area contributed by atoms with Crippen LogP contribution in [0.1, 0.15) is 18.4 Å². The number of rotatable bonds is 4. The van der Waals surface area contributed by atoms with Gasteiger partial charge in [0.15, 0.2) is 5.82 Å². The number of benzene rings is 1. The van der Waals surface area contributed by atoms with Gasteiger partial charge in [-0.15, -0.1) is 0 Å². The van der Waals surface area contributed by atoms with Gasteiger partial charge in [0.25, 0.3) is 0 Å². The Kier molecular flexibility index (Phi) is 5.40. The van der Waals surface area contributed by atoms with Gasteiger partial charge in [-0.2, -0.15) is 5.10 Å². The number of amides is 2. The van der Waals surface area contributed by atoms with Gasteiger partial charge >= 0.3 is 6.03 Å². The van der Waals surface area contributed by atoms with Crippen LogP contribution in [0.25, 0.3) is 5.82 Å². The maximum absolute atomic E-state index is 12.9. The third-order valence-corrected chi connectivity index (χ3v) is 5.33. The molecular weight excluding hydrogens is 422 g/mol. The highest BCUT2D eigenvalue weighted by molar-refractivity contribution is 9.10. The molecule has 1 aromatic carbocycles. The second-order valence-electron chi connectivity index (χ2n) is 6.61. The van der Waals surface area contributed by atoms with Gasteiger partial charge in [0.2, 0.25) is 0 Å². The molecule has 0 bridgehead atoms. The lowest BCUT2D eigenvalue weighted by molar-refractivity contribution is 0.0417. The predicted octanol–water partition coefficient (Wildman–Crippen LogP) is 3.86. The van der Waals surface area contributed by atoms with Crippen LogP contribution in [-0.2, 0) is 10.3 Å². The summed E-state index contributed by atoms with van der Waals surface area (Å²) < 4.78 is 8.14. The molecule has 2 amide bonds. The number of urea groups is 1. The van der Waals surface area contributed by atoms with Crippen molar-refractivity contribution in [3.05, 3.63) is 71.1 Å². The molecule has 4 rings (SSSR count). The van der Waals surface area contributed by atoms with Gasteiger partial charge in [-0.25, -0.2) is 14.5 Å². The lowest BCUT2D eigenvalue weighted by atomic mass is 9.83. The largest absolute Gasteiger partial charge is 0.381 e. The summed E-state index contributed by atoms with van der Waals surface area (Å²) in [6.45, 7) is 1.19. The van der Waals surface area contributed by atoms with Crippen LogP contribution < -0.4 is 10.6 Å². The first kappa shape index (κ1) is 18.6. The van der Waals surface area contributed by atoms with Crippen molar-refractivity contribution >= 4 is 27.6 Å². The lowest BCUT2D eigenvalue weighted by Gasteiger charge is -2.38. The molecule has 0 unspecified atom stereocenters. The average Bonchev–Trinajstić information content (AvgIpc) is 3.24. The van der Waals surface area contributed by atoms with Crippen molar-refractivity contribution in [2.24, 2.45) is 0 Å². The summed E-state index contributed by atoms with van der Waals surface area (Å²) in [6, 6.07) is 13.1. The molecule has 8 heteroatoms. The van der Waals surface area contributed by atoms with E-state index in [0.717, 1.165) is 10.0 Å². The molecule has 1 saturated heterocycles.